The molecule has 1 heterocycles. The zero-order chi connectivity index (χ0) is 25.2. The maximum absolute atomic E-state index is 12.9. The van der Waals surface area contributed by atoms with E-state index in [-0.39, 0.29) is 22.7 Å². The molecule has 176 valence electrons. The van der Waals surface area contributed by atoms with Gasteiger partial charge in [0.15, 0.2) is 17.7 Å². The number of carbonyl (C=O) groups excluding carboxylic acids is 4. The Kier molecular flexibility index (Phi) is 5.96. The largest absolute Gasteiger partial charge is 0.449 e. The van der Waals surface area contributed by atoms with Gasteiger partial charge in [-0.05, 0) is 37.3 Å². The van der Waals surface area contributed by atoms with Crippen molar-refractivity contribution in [2.45, 2.75) is 13.0 Å². The molecule has 1 unspecified atom stereocenters. The molecule has 7 nitrogen and oxygen atoms in total. The number of carbonyl (C=O) groups is 4. The molecule has 0 saturated carbocycles. The number of anilines is 1. The van der Waals surface area contributed by atoms with Crippen LogP contribution in [0.2, 0.25) is 0 Å². The molecular formula is C29H20N2O5. The molecule has 1 aliphatic carbocycles. The Balaban J connectivity index is 1.26. The second-order valence-corrected chi connectivity index (χ2v) is 8.29. The van der Waals surface area contributed by atoms with E-state index >= 15 is 0 Å². The number of pyridine rings is 1. The third-order valence-corrected chi connectivity index (χ3v) is 5.92. The van der Waals surface area contributed by atoms with Gasteiger partial charge in [-0.2, -0.15) is 0 Å². The highest BCUT2D eigenvalue weighted by Crippen LogP contribution is 2.29. The molecule has 3 aromatic carbocycles. The van der Waals surface area contributed by atoms with Crippen LogP contribution in [0.4, 0.5) is 5.69 Å². The van der Waals surface area contributed by atoms with Crippen molar-refractivity contribution in [3.63, 3.8) is 0 Å². The summed E-state index contributed by atoms with van der Waals surface area (Å²) < 4.78 is 5.24. The first kappa shape index (κ1) is 22.9. The van der Waals surface area contributed by atoms with Crippen molar-refractivity contribution in [2.75, 3.05) is 5.32 Å². The lowest BCUT2D eigenvalue weighted by Gasteiger charge is -2.18. The number of fused-ring (bicyclic) bond motifs is 3. The van der Waals surface area contributed by atoms with Crippen molar-refractivity contribution in [3.8, 4) is 0 Å². The Morgan fingerprint density at radius 3 is 2.33 bits per heavy atom. The molecule has 0 bridgehead atoms. The number of nitrogens with one attached hydrogen (secondary N) is 1. The van der Waals surface area contributed by atoms with E-state index in [0.29, 0.717) is 16.8 Å². The summed E-state index contributed by atoms with van der Waals surface area (Å²) in [5.41, 5.74) is 3.00. The number of ether oxygens (including phenoxy) is 1. The number of esters is 1. The lowest BCUT2D eigenvalue weighted by Crippen LogP contribution is -2.29. The molecule has 5 rings (SSSR count). The highest BCUT2D eigenvalue weighted by atomic mass is 16.5. The fraction of sp³-hybridized carbons (Fsp3) is 0.0690. The Morgan fingerprint density at radius 2 is 1.56 bits per heavy atom. The Morgan fingerprint density at radius 1 is 0.861 bits per heavy atom. The number of hydrogen-bond donors (Lipinski definition) is 1. The number of para-hydroxylation sites is 1. The van der Waals surface area contributed by atoms with Crippen molar-refractivity contribution in [3.05, 3.63) is 113 Å². The number of aromatic nitrogens is 1. The van der Waals surface area contributed by atoms with Crippen molar-refractivity contribution in [2.24, 2.45) is 0 Å². The molecule has 0 aliphatic heterocycles. The minimum absolute atomic E-state index is 0.216. The minimum Gasteiger partial charge on any atom is -0.449 e. The normalized spacial score (nSPS) is 13.2. The van der Waals surface area contributed by atoms with Gasteiger partial charge in [0.1, 0.15) is 0 Å². The zero-order valence-corrected chi connectivity index (χ0v) is 19.2. The monoisotopic (exact) mass is 476 g/mol. The van der Waals surface area contributed by atoms with Gasteiger partial charge in [0.05, 0.1) is 5.52 Å². The minimum atomic E-state index is -1.10. The lowest BCUT2D eigenvalue weighted by atomic mass is 9.84. The molecular weight excluding hydrogens is 456 g/mol. The van der Waals surface area contributed by atoms with Gasteiger partial charge in [-0.15, -0.1) is 0 Å². The fourth-order valence-electron chi connectivity index (χ4n) is 4.11. The molecule has 0 fully saturated rings. The van der Waals surface area contributed by atoms with Gasteiger partial charge < -0.3 is 10.1 Å². The van der Waals surface area contributed by atoms with E-state index in [4.69, 9.17) is 4.74 Å². The van der Waals surface area contributed by atoms with Crippen LogP contribution in [0, 0.1) is 0 Å². The average Bonchev–Trinajstić information content (AvgIpc) is 2.90. The van der Waals surface area contributed by atoms with E-state index in [2.05, 4.69) is 10.3 Å². The number of rotatable bonds is 5. The quantitative estimate of drug-likeness (QED) is 0.294. The van der Waals surface area contributed by atoms with E-state index in [1.807, 2.05) is 30.3 Å². The Bertz CT molecular complexity index is 1580. The maximum atomic E-state index is 12.9. The van der Waals surface area contributed by atoms with Crippen LogP contribution in [-0.4, -0.2) is 34.5 Å². The molecule has 4 aromatic rings. The molecule has 0 spiro atoms. The van der Waals surface area contributed by atoms with Crippen LogP contribution in [0.1, 0.15) is 44.3 Å². The first-order valence-corrected chi connectivity index (χ1v) is 11.3. The van der Waals surface area contributed by atoms with E-state index < -0.39 is 18.0 Å². The molecule has 36 heavy (non-hydrogen) atoms. The number of ketones is 2. The van der Waals surface area contributed by atoms with Crippen LogP contribution >= 0.6 is 0 Å². The summed E-state index contributed by atoms with van der Waals surface area (Å²) in [6.45, 7) is 1.45. The number of hydrogen-bond acceptors (Lipinski definition) is 6. The average molecular weight is 476 g/mol. The number of nitrogens with zero attached hydrogens (tertiary/aromatic N) is 1. The maximum Gasteiger partial charge on any atom is 0.331 e. The van der Waals surface area contributed by atoms with Gasteiger partial charge in [0.25, 0.3) is 5.91 Å². The predicted molar refractivity (Wildman–Crippen MR) is 135 cm³/mol. The van der Waals surface area contributed by atoms with Gasteiger partial charge in [-0.3, -0.25) is 19.4 Å². The molecule has 1 amide bonds. The zero-order valence-electron chi connectivity index (χ0n) is 19.2. The number of amides is 1. The van der Waals surface area contributed by atoms with Crippen molar-refractivity contribution in [1.82, 2.24) is 4.98 Å². The highest BCUT2D eigenvalue weighted by molar-refractivity contribution is 6.28. The molecule has 0 saturated heterocycles. The van der Waals surface area contributed by atoms with Gasteiger partial charge >= 0.3 is 5.97 Å². The van der Waals surface area contributed by atoms with E-state index in [9.17, 15) is 19.2 Å². The van der Waals surface area contributed by atoms with E-state index in [0.717, 1.165) is 16.5 Å². The highest BCUT2D eigenvalue weighted by Gasteiger charge is 2.29. The Labute approximate surface area is 206 Å². The van der Waals surface area contributed by atoms with Crippen LogP contribution in [0.15, 0.2) is 85.1 Å². The fourth-order valence-corrected chi connectivity index (χ4v) is 4.11. The van der Waals surface area contributed by atoms with Gasteiger partial charge in [-0.1, -0.05) is 48.5 Å². The molecule has 1 aliphatic rings. The van der Waals surface area contributed by atoms with E-state index in [1.54, 1.807) is 36.5 Å². The number of benzene rings is 3. The smallest absolute Gasteiger partial charge is 0.331 e. The summed E-state index contributed by atoms with van der Waals surface area (Å²) in [6, 6.07) is 20.5. The SMILES string of the molecule is CC(OC(=O)/C=C/c1cccc2cccnc12)C(=O)Nc1ccc2c(c1)C(=O)c1ccccc1C2=O. The summed E-state index contributed by atoms with van der Waals surface area (Å²) in [5.74, 6) is -1.79. The summed E-state index contributed by atoms with van der Waals surface area (Å²) in [5, 5.41) is 3.58. The first-order chi connectivity index (χ1) is 17.4. The molecule has 1 N–H and O–H groups in total. The molecule has 1 aromatic heterocycles. The summed E-state index contributed by atoms with van der Waals surface area (Å²) in [7, 11) is 0. The summed E-state index contributed by atoms with van der Waals surface area (Å²) >= 11 is 0. The van der Waals surface area contributed by atoms with Crippen molar-refractivity contribution in [1.29, 1.82) is 0 Å². The third-order valence-electron chi connectivity index (χ3n) is 5.92. The van der Waals surface area contributed by atoms with Crippen LogP contribution in [0.3, 0.4) is 0 Å². The van der Waals surface area contributed by atoms with Crippen LogP contribution in [0.5, 0.6) is 0 Å². The standard InChI is InChI=1S/C29H20N2O5/c1-17(36-25(32)14-11-19-7-4-6-18-8-5-15-30-26(18)19)29(35)31-20-12-13-23-24(16-20)28(34)22-10-3-2-9-21(22)27(23)33/h2-17H,1H3,(H,31,35)/b14-11+. The Hall–Kier alpha value is -4.91. The second-order valence-electron chi connectivity index (χ2n) is 8.29. The second kappa shape index (κ2) is 9.38. The lowest BCUT2D eigenvalue weighted by molar-refractivity contribution is -0.148. The predicted octanol–water partition coefficient (Wildman–Crippen LogP) is 4.59. The van der Waals surface area contributed by atoms with Crippen molar-refractivity contribution >= 4 is 46.1 Å². The van der Waals surface area contributed by atoms with Crippen LogP contribution < -0.4 is 5.32 Å². The molecule has 7 heteroatoms. The summed E-state index contributed by atoms with van der Waals surface area (Å²) in [6.07, 6.45) is 3.41. The summed E-state index contributed by atoms with van der Waals surface area (Å²) in [4.78, 5) is 54.9. The third kappa shape index (κ3) is 4.30. The topological polar surface area (TPSA) is 102 Å². The van der Waals surface area contributed by atoms with Gasteiger partial charge in [0, 0.05) is 51.2 Å². The molecule has 0 radical (unpaired) electrons. The van der Waals surface area contributed by atoms with Crippen LogP contribution in [-0.2, 0) is 14.3 Å². The molecule has 1 atom stereocenters. The van der Waals surface area contributed by atoms with Gasteiger partial charge in [0.2, 0.25) is 0 Å². The van der Waals surface area contributed by atoms with Crippen molar-refractivity contribution < 1.29 is 23.9 Å². The van der Waals surface area contributed by atoms with Gasteiger partial charge in [-0.25, -0.2) is 4.79 Å². The van der Waals surface area contributed by atoms with Crippen LogP contribution in [0.25, 0.3) is 17.0 Å². The van der Waals surface area contributed by atoms with E-state index in [1.165, 1.54) is 31.2 Å². The first-order valence-electron chi connectivity index (χ1n) is 11.3.